The molecule has 0 saturated carbocycles. The van der Waals surface area contributed by atoms with E-state index in [0.717, 1.165) is 16.8 Å². The molecule has 1 unspecified atom stereocenters. The van der Waals surface area contributed by atoms with Crippen molar-refractivity contribution < 1.29 is 18.0 Å². The average molecular weight is 458 g/mol. The maximum atomic E-state index is 13.1. The van der Waals surface area contributed by atoms with Crippen LogP contribution in [0.2, 0.25) is 0 Å². The van der Waals surface area contributed by atoms with Crippen LogP contribution in [0.15, 0.2) is 53.4 Å². The summed E-state index contributed by atoms with van der Waals surface area (Å²) in [6.07, 6.45) is 1.67. The molecule has 1 aliphatic heterocycles. The Morgan fingerprint density at radius 3 is 2.47 bits per heavy atom. The molecule has 172 valence electrons. The van der Waals surface area contributed by atoms with E-state index in [9.17, 15) is 18.0 Å². The Balaban J connectivity index is 1.70. The number of fused-ring (bicyclic) bond motifs is 1. The molecule has 0 saturated heterocycles. The maximum Gasteiger partial charge on any atom is 0.241 e. The highest BCUT2D eigenvalue weighted by Crippen LogP contribution is 2.30. The number of nitrogens with one attached hydrogen (secondary N) is 2. The van der Waals surface area contributed by atoms with Crippen LogP contribution < -0.4 is 14.9 Å². The van der Waals surface area contributed by atoms with E-state index in [4.69, 9.17) is 0 Å². The van der Waals surface area contributed by atoms with Gasteiger partial charge in [-0.1, -0.05) is 44.2 Å². The van der Waals surface area contributed by atoms with Gasteiger partial charge in [0.2, 0.25) is 21.8 Å². The molecule has 2 aromatic rings. The van der Waals surface area contributed by atoms with Crippen LogP contribution >= 0.6 is 0 Å². The Morgan fingerprint density at radius 1 is 1.09 bits per heavy atom. The van der Waals surface area contributed by atoms with E-state index in [1.807, 2.05) is 44.2 Å². The molecule has 0 spiro atoms. The minimum atomic E-state index is -3.90. The molecule has 8 heteroatoms. The fraction of sp³-hybridized carbons (Fsp3) is 0.417. The lowest BCUT2D eigenvalue weighted by molar-refractivity contribution is -0.123. The maximum absolute atomic E-state index is 13.1. The lowest BCUT2D eigenvalue weighted by Gasteiger charge is -2.21. The minimum Gasteiger partial charge on any atom is -0.354 e. The molecule has 2 amide bonds. The van der Waals surface area contributed by atoms with Crippen LogP contribution in [0.5, 0.6) is 0 Å². The zero-order valence-corrected chi connectivity index (χ0v) is 19.6. The first kappa shape index (κ1) is 23.9. The van der Waals surface area contributed by atoms with Crippen molar-refractivity contribution in [3.8, 4) is 0 Å². The first-order valence-corrected chi connectivity index (χ1v) is 12.4. The van der Waals surface area contributed by atoms with Crippen LogP contribution in [-0.2, 0) is 32.5 Å². The highest BCUT2D eigenvalue weighted by molar-refractivity contribution is 7.89. The number of carbonyl (C=O) groups excluding carboxylic acids is 2. The molecule has 2 aromatic carbocycles. The average Bonchev–Trinajstić information content (AvgIpc) is 3.17. The van der Waals surface area contributed by atoms with Crippen molar-refractivity contribution in [3.05, 3.63) is 59.7 Å². The molecule has 0 aliphatic carbocycles. The van der Waals surface area contributed by atoms with E-state index < -0.39 is 16.1 Å². The van der Waals surface area contributed by atoms with E-state index >= 15 is 0 Å². The van der Waals surface area contributed by atoms with E-state index in [2.05, 4.69) is 10.0 Å². The molecule has 7 nitrogen and oxygen atoms in total. The second kappa shape index (κ2) is 10.3. The van der Waals surface area contributed by atoms with Crippen molar-refractivity contribution in [2.75, 3.05) is 18.0 Å². The molecule has 3 rings (SSSR count). The van der Waals surface area contributed by atoms with Crippen molar-refractivity contribution in [2.24, 2.45) is 5.92 Å². The Bertz CT molecular complexity index is 1070. The van der Waals surface area contributed by atoms with Gasteiger partial charge in [-0.2, -0.15) is 4.72 Å². The van der Waals surface area contributed by atoms with Gasteiger partial charge >= 0.3 is 0 Å². The van der Waals surface area contributed by atoms with Gasteiger partial charge in [-0.25, -0.2) is 8.42 Å². The summed E-state index contributed by atoms with van der Waals surface area (Å²) in [7, 11) is -3.90. The number of anilines is 1. The van der Waals surface area contributed by atoms with Crippen LogP contribution in [0.4, 0.5) is 5.69 Å². The van der Waals surface area contributed by atoms with E-state index in [1.165, 1.54) is 13.0 Å². The minimum absolute atomic E-state index is 0.0679. The summed E-state index contributed by atoms with van der Waals surface area (Å²) >= 11 is 0. The van der Waals surface area contributed by atoms with Crippen LogP contribution in [-0.4, -0.2) is 39.4 Å². The monoisotopic (exact) mass is 457 g/mol. The number of sulfonamides is 1. The quantitative estimate of drug-likeness (QED) is 0.605. The van der Waals surface area contributed by atoms with E-state index in [1.54, 1.807) is 17.0 Å². The van der Waals surface area contributed by atoms with Crippen molar-refractivity contribution >= 4 is 27.5 Å². The van der Waals surface area contributed by atoms with Gasteiger partial charge in [-0.15, -0.1) is 0 Å². The lowest BCUT2D eigenvalue weighted by atomic mass is 10.0. The summed E-state index contributed by atoms with van der Waals surface area (Å²) in [4.78, 5) is 26.3. The van der Waals surface area contributed by atoms with E-state index in [0.29, 0.717) is 32.4 Å². The molecule has 32 heavy (non-hydrogen) atoms. The van der Waals surface area contributed by atoms with Crippen molar-refractivity contribution in [1.29, 1.82) is 0 Å². The van der Waals surface area contributed by atoms with Gasteiger partial charge in [-0.05, 0) is 54.5 Å². The summed E-state index contributed by atoms with van der Waals surface area (Å²) in [6, 6.07) is 13.7. The smallest absolute Gasteiger partial charge is 0.241 e. The Morgan fingerprint density at radius 2 is 1.81 bits per heavy atom. The van der Waals surface area contributed by atoms with Gasteiger partial charge in [-0.3, -0.25) is 9.59 Å². The summed E-state index contributed by atoms with van der Waals surface area (Å²) in [5, 5.41) is 2.86. The molecule has 2 N–H and O–H groups in total. The third-order valence-electron chi connectivity index (χ3n) is 5.51. The van der Waals surface area contributed by atoms with Gasteiger partial charge in [0.15, 0.2) is 0 Å². The zero-order chi connectivity index (χ0) is 23.3. The van der Waals surface area contributed by atoms with Crippen molar-refractivity contribution in [1.82, 2.24) is 10.0 Å². The van der Waals surface area contributed by atoms with Gasteiger partial charge in [0.05, 0.1) is 4.90 Å². The lowest BCUT2D eigenvalue weighted by Crippen LogP contribution is -2.47. The number of benzene rings is 2. The first-order valence-electron chi connectivity index (χ1n) is 10.9. The molecule has 1 aliphatic rings. The first-order chi connectivity index (χ1) is 15.2. The third kappa shape index (κ3) is 5.95. The Hall–Kier alpha value is -2.71. The molecule has 0 aromatic heterocycles. The Kier molecular flexibility index (Phi) is 7.69. The zero-order valence-electron chi connectivity index (χ0n) is 18.8. The third-order valence-corrected chi connectivity index (χ3v) is 6.98. The van der Waals surface area contributed by atoms with Crippen LogP contribution in [0, 0.1) is 5.92 Å². The van der Waals surface area contributed by atoms with Gasteiger partial charge in [0, 0.05) is 25.7 Å². The summed E-state index contributed by atoms with van der Waals surface area (Å²) in [5.74, 6) is -0.268. The molecule has 0 bridgehead atoms. The fourth-order valence-electron chi connectivity index (χ4n) is 3.91. The topological polar surface area (TPSA) is 95.6 Å². The van der Waals surface area contributed by atoms with Gasteiger partial charge in [0.1, 0.15) is 6.04 Å². The second-order valence-electron chi connectivity index (χ2n) is 8.54. The summed E-state index contributed by atoms with van der Waals surface area (Å²) < 4.78 is 28.7. The number of carbonyl (C=O) groups is 2. The number of rotatable bonds is 9. The normalized spacial score (nSPS) is 14.3. The highest BCUT2D eigenvalue weighted by Gasteiger charge is 2.29. The van der Waals surface area contributed by atoms with Crippen LogP contribution in [0.3, 0.4) is 0 Å². The Labute approximate surface area is 190 Å². The number of amides is 2. The number of nitrogens with zero attached hydrogens (tertiary/aromatic N) is 1. The molecular formula is C24H31N3O4S. The highest BCUT2D eigenvalue weighted by atomic mass is 32.2. The number of hydrogen-bond acceptors (Lipinski definition) is 4. The second-order valence-corrected chi connectivity index (χ2v) is 10.3. The van der Waals surface area contributed by atoms with Crippen LogP contribution in [0.1, 0.15) is 38.3 Å². The molecule has 1 atom stereocenters. The SMILES string of the molecule is CC(=O)N1CCc2cc(S(=O)(=O)NC(CC(C)C)C(=O)NCCc3ccccc3)ccc21. The summed E-state index contributed by atoms with van der Waals surface area (Å²) in [5.41, 5.74) is 2.66. The molecule has 0 fully saturated rings. The fourth-order valence-corrected chi connectivity index (χ4v) is 5.16. The predicted octanol–water partition coefficient (Wildman–Crippen LogP) is 2.65. The van der Waals surface area contributed by atoms with Crippen molar-refractivity contribution in [3.63, 3.8) is 0 Å². The van der Waals surface area contributed by atoms with Crippen LogP contribution in [0.25, 0.3) is 0 Å². The van der Waals surface area contributed by atoms with Gasteiger partial charge in [0.25, 0.3) is 0 Å². The number of hydrogen-bond donors (Lipinski definition) is 2. The standard InChI is InChI=1S/C24H31N3O4S/c1-17(2)15-22(24(29)25-13-11-19-7-5-4-6-8-19)26-32(30,31)21-9-10-23-20(16-21)12-14-27(23)18(3)28/h4-10,16-17,22,26H,11-15H2,1-3H3,(H,25,29). The molecule has 1 heterocycles. The van der Waals surface area contributed by atoms with Gasteiger partial charge < -0.3 is 10.2 Å². The molecular weight excluding hydrogens is 426 g/mol. The summed E-state index contributed by atoms with van der Waals surface area (Å²) in [6.45, 7) is 6.36. The van der Waals surface area contributed by atoms with Crippen molar-refractivity contribution in [2.45, 2.75) is 51.0 Å². The molecule has 0 radical (unpaired) electrons. The predicted molar refractivity (Wildman–Crippen MR) is 125 cm³/mol. The largest absolute Gasteiger partial charge is 0.354 e. The van der Waals surface area contributed by atoms with E-state index in [-0.39, 0.29) is 22.6 Å².